The van der Waals surface area contributed by atoms with Crippen LogP contribution in [0.4, 0.5) is 8.78 Å². The third kappa shape index (κ3) is 3.73. The van der Waals surface area contributed by atoms with Crippen molar-refractivity contribution in [1.29, 1.82) is 5.26 Å². The lowest BCUT2D eigenvalue weighted by atomic mass is 10.1. The largest absolute Gasteiger partial charge is 0.508 e. The van der Waals surface area contributed by atoms with Gasteiger partial charge in [-0.25, -0.2) is 13.8 Å². The zero-order valence-corrected chi connectivity index (χ0v) is 14.0. The molecule has 5 nitrogen and oxygen atoms in total. The van der Waals surface area contributed by atoms with Crippen LogP contribution in [0, 0.1) is 23.0 Å². The number of halogens is 2. The molecule has 0 amide bonds. The number of aromatic nitrogens is 2. The molecule has 0 saturated carbocycles. The summed E-state index contributed by atoms with van der Waals surface area (Å²) in [5.74, 6) is -1.20. The highest BCUT2D eigenvalue weighted by atomic mass is 32.2. The van der Waals surface area contributed by atoms with Crippen molar-refractivity contribution in [1.82, 2.24) is 9.97 Å². The minimum Gasteiger partial charge on any atom is -0.508 e. The molecule has 0 fully saturated rings. The van der Waals surface area contributed by atoms with Crippen molar-refractivity contribution in [2.24, 2.45) is 0 Å². The quantitative estimate of drug-likeness (QED) is 0.540. The summed E-state index contributed by atoms with van der Waals surface area (Å²) >= 11 is 1.05. The number of benzene rings is 2. The molecule has 0 bridgehead atoms. The number of phenols is 1. The van der Waals surface area contributed by atoms with Gasteiger partial charge in [-0.2, -0.15) is 5.26 Å². The summed E-state index contributed by atoms with van der Waals surface area (Å²) in [6, 6.07) is 11.0. The molecule has 130 valence electrons. The number of hydrogen-bond acceptors (Lipinski definition) is 5. The van der Waals surface area contributed by atoms with E-state index in [0.29, 0.717) is 5.56 Å². The van der Waals surface area contributed by atoms with Crippen molar-refractivity contribution in [3.05, 3.63) is 75.6 Å². The zero-order valence-electron chi connectivity index (χ0n) is 13.2. The molecule has 3 rings (SSSR count). The van der Waals surface area contributed by atoms with Gasteiger partial charge in [0.25, 0.3) is 5.56 Å². The van der Waals surface area contributed by atoms with Gasteiger partial charge in [0.05, 0.1) is 5.69 Å². The van der Waals surface area contributed by atoms with Crippen molar-refractivity contribution in [3.63, 3.8) is 0 Å². The molecule has 3 aromatic rings. The highest BCUT2D eigenvalue weighted by Crippen LogP contribution is 2.26. The Kier molecular flexibility index (Phi) is 5.00. The molecule has 0 radical (unpaired) electrons. The third-order valence-corrected chi connectivity index (χ3v) is 4.45. The molecule has 2 N–H and O–H groups in total. The predicted octanol–water partition coefficient (Wildman–Crippen LogP) is 3.58. The number of nitrogens with zero attached hydrogens (tertiary/aromatic N) is 2. The number of aromatic hydroxyl groups is 1. The first kappa shape index (κ1) is 17.6. The van der Waals surface area contributed by atoms with E-state index in [4.69, 9.17) is 0 Å². The Bertz CT molecular complexity index is 1060. The van der Waals surface area contributed by atoms with Crippen LogP contribution in [-0.4, -0.2) is 15.1 Å². The highest BCUT2D eigenvalue weighted by molar-refractivity contribution is 7.98. The fraction of sp³-hybridized carbons (Fsp3) is 0.0556. The first-order valence-electron chi connectivity index (χ1n) is 7.38. The number of thioether (sulfide) groups is 1. The number of hydrogen-bond donors (Lipinski definition) is 2. The van der Waals surface area contributed by atoms with Crippen molar-refractivity contribution in [2.75, 3.05) is 0 Å². The minimum atomic E-state index is -0.688. The summed E-state index contributed by atoms with van der Waals surface area (Å²) in [6.07, 6.45) is 0. The topological polar surface area (TPSA) is 89.8 Å². The van der Waals surface area contributed by atoms with Gasteiger partial charge in [-0.3, -0.25) is 4.79 Å². The summed E-state index contributed by atoms with van der Waals surface area (Å²) in [7, 11) is 0. The fourth-order valence-corrected chi connectivity index (χ4v) is 3.08. The lowest BCUT2D eigenvalue weighted by Gasteiger charge is -2.07. The van der Waals surface area contributed by atoms with E-state index in [0.717, 1.165) is 23.9 Å². The maximum absolute atomic E-state index is 13.7. The molecule has 0 aliphatic carbocycles. The second kappa shape index (κ2) is 7.37. The van der Waals surface area contributed by atoms with Crippen molar-refractivity contribution < 1.29 is 13.9 Å². The molecule has 1 aromatic heterocycles. The van der Waals surface area contributed by atoms with E-state index >= 15 is 0 Å². The van der Waals surface area contributed by atoms with Crippen LogP contribution in [0.1, 0.15) is 11.1 Å². The van der Waals surface area contributed by atoms with E-state index in [1.165, 1.54) is 30.3 Å². The fourth-order valence-electron chi connectivity index (χ4n) is 2.24. The standard InChI is InChI=1S/C18H11F2N3O2S/c19-12-4-1-11(15(20)7-12)9-26-18-22-16(14(8-21)17(25)23-18)10-2-5-13(24)6-3-10/h1-7,24H,9H2,(H,22,23,25). The van der Waals surface area contributed by atoms with Gasteiger partial charge in [-0.05, 0) is 35.9 Å². The number of aromatic amines is 1. The Morgan fingerprint density at radius 3 is 2.58 bits per heavy atom. The van der Waals surface area contributed by atoms with Crippen LogP contribution >= 0.6 is 11.8 Å². The molecule has 0 spiro atoms. The van der Waals surface area contributed by atoms with Gasteiger partial charge >= 0.3 is 0 Å². The Balaban J connectivity index is 1.95. The molecule has 2 aromatic carbocycles. The lowest BCUT2D eigenvalue weighted by Crippen LogP contribution is -2.14. The van der Waals surface area contributed by atoms with Crippen LogP contribution in [0.5, 0.6) is 5.75 Å². The molecule has 0 saturated heterocycles. The van der Waals surface area contributed by atoms with Gasteiger partial charge in [0.1, 0.15) is 29.0 Å². The Morgan fingerprint density at radius 1 is 1.19 bits per heavy atom. The number of nitrogens with one attached hydrogen (secondary N) is 1. The minimum absolute atomic E-state index is 0.0403. The van der Waals surface area contributed by atoms with Crippen LogP contribution < -0.4 is 5.56 Å². The first-order chi connectivity index (χ1) is 12.5. The van der Waals surface area contributed by atoms with Gasteiger partial charge < -0.3 is 10.1 Å². The van der Waals surface area contributed by atoms with E-state index in [1.807, 2.05) is 6.07 Å². The lowest BCUT2D eigenvalue weighted by molar-refractivity contribution is 0.475. The SMILES string of the molecule is N#Cc1c(-c2ccc(O)cc2)nc(SCc2ccc(F)cc2F)[nH]c1=O. The number of H-pyrrole nitrogens is 1. The molecule has 0 aliphatic heterocycles. The maximum Gasteiger partial charge on any atom is 0.270 e. The molecule has 26 heavy (non-hydrogen) atoms. The average Bonchev–Trinajstić information content (AvgIpc) is 2.61. The Labute approximate surface area is 151 Å². The first-order valence-corrected chi connectivity index (χ1v) is 8.37. The average molecular weight is 371 g/mol. The molecule has 1 heterocycles. The Morgan fingerprint density at radius 2 is 1.92 bits per heavy atom. The molecule has 8 heteroatoms. The molecule has 0 aliphatic rings. The number of phenolic OH excluding ortho intramolecular Hbond substituents is 1. The second-order valence-electron chi connectivity index (χ2n) is 5.28. The van der Waals surface area contributed by atoms with Crippen molar-refractivity contribution >= 4 is 11.8 Å². The van der Waals surface area contributed by atoms with Crippen LogP contribution in [-0.2, 0) is 5.75 Å². The van der Waals surface area contributed by atoms with Gasteiger partial charge in [-0.1, -0.05) is 17.8 Å². The van der Waals surface area contributed by atoms with Crippen LogP contribution in [0.3, 0.4) is 0 Å². The van der Waals surface area contributed by atoms with E-state index in [-0.39, 0.29) is 33.5 Å². The van der Waals surface area contributed by atoms with Crippen molar-refractivity contribution in [2.45, 2.75) is 10.9 Å². The number of rotatable bonds is 4. The maximum atomic E-state index is 13.7. The number of nitriles is 1. The van der Waals surface area contributed by atoms with Crippen LogP contribution in [0.15, 0.2) is 52.4 Å². The highest BCUT2D eigenvalue weighted by Gasteiger charge is 2.14. The third-order valence-electron chi connectivity index (χ3n) is 3.53. The molecular formula is C18H11F2N3O2S. The van der Waals surface area contributed by atoms with Gasteiger partial charge in [0, 0.05) is 17.4 Å². The van der Waals surface area contributed by atoms with Gasteiger partial charge in [-0.15, -0.1) is 0 Å². The predicted molar refractivity (Wildman–Crippen MR) is 92.6 cm³/mol. The van der Waals surface area contributed by atoms with Crippen molar-refractivity contribution in [3.8, 4) is 23.1 Å². The summed E-state index contributed by atoms with van der Waals surface area (Å²) in [6.45, 7) is 0. The van der Waals surface area contributed by atoms with E-state index in [1.54, 1.807) is 0 Å². The second-order valence-corrected chi connectivity index (χ2v) is 6.24. The summed E-state index contributed by atoms with van der Waals surface area (Å²) < 4.78 is 26.7. The van der Waals surface area contributed by atoms with Gasteiger partial charge in [0.15, 0.2) is 5.16 Å². The smallest absolute Gasteiger partial charge is 0.270 e. The molecular weight excluding hydrogens is 360 g/mol. The summed E-state index contributed by atoms with van der Waals surface area (Å²) in [4.78, 5) is 18.9. The monoisotopic (exact) mass is 371 g/mol. The Hall–Kier alpha value is -3.18. The van der Waals surface area contributed by atoms with Crippen LogP contribution in [0.2, 0.25) is 0 Å². The van der Waals surface area contributed by atoms with Gasteiger partial charge in [0.2, 0.25) is 0 Å². The van der Waals surface area contributed by atoms with E-state index in [9.17, 15) is 23.9 Å². The van der Waals surface area contributed by atoms with E-state index in [2.05, 4.69) is 9.97 Å². The normalized spacial score (nSPS) is 10.5. The summed E-state index contributed by atoms with van der Waals surface area (Å²) in [5.41, 5.74) is 0.133. The zero-order chi connectivity index (χ0) is 18.7. The van der Waals surface area contributed by atoms with Crippen LogP contribution in [0.25, 0.3) is 11.3 Å². The van der Waals surface area contributed by atoms with E-state index < -0.39 is 17.2 Å². The molecule has 0 unspecified atom stereocenters. The molecule has 0 atom stereocenters. The summed E-state index contributed by atoms with van der Waals surface area (Å²) in [5, 5.41) is 18.8.